The SMILES string of the molecule is CCCC(NC(=O)CC1CSCCN1)c1nn[nH]n1. The monoisotopic (exact) mass is 284 g/mol. The Labute approximate surface area is 116 Å². The van der Waals surface area contributed by atoms with E-state index >= 15 is 0 Å². The van der Waals surface area contributed by atoms with Gasteiger partial charge < -0.3 is 10.6 Å². The van der Waals surface area contributed by atoms with Crippen LogP contribution in [0.25, 0.3) is 0 Å². The van der Waals surface area contributed by atoms with Crippen LogP contribution in [-0.2, 0) is 4.79 Å². The van der Waals surface area contributed by atoms with E-state index in [0.29, 0.717) is 12.2 Å². The summed E-state index contributed by atoms with van der Waals surface area (Å²) in [6.45, 7) is 3.05. The number of nitrogens with zero attached hydrogens (tertiary/aromatic N) is 3. The fourth-order valence-corrected chi connectivity index (χ4v) is 3.05. The third-order valence-electron chi connectivity index (χ3n) is 3.02. The Kier molecular flexibility index (Phi) is 5.59. The first kappa shape index (κ1) is 14.3. The molecule has 1 aromatic heterocycles. The van der Waals surface area contributed by atoms with Crippen molar-refractivity contribution in [2.24, 2.45) is 0 Å². The second kappa shape index (κ2) is 7.44. The maximum Gasteiger partial charge on any atom is 0.222 e. The van der Waals surface area contributed by atoms with Gasteiger partial charge in [-0.2, -0.15) is 17.0 Å². The van der Waals surface area contributed by atoms with E-state index in [9.17, 15) is 4.79 Å². The van der Waals surface area contributed by atoms with Gasteiger partial charge in [-0.15, -0.1) is 10.2 Å². The second-order valence-corrected chi connectivity index (χ2v) is 5.76. The fraction of sp³-hybridized carbons (Fsp3) is 0.818. The number of H-pyrrole nitrogens is 1. The van der Waals surface area contributed by atoms with Crippen molar-refractivity contribution in [1.82, 2.24) is 31.3 Å². The summed E-state index contributed by atoms with van der Waals surface area (Å²) < 4.78 is 0. The molecular formula is C11H20N6OS. The summed E-state index contributed by atoms with van der Waals surface area (Å²) >= 11 is 1.89. The van der Waals surface area contributed by atoms with E-state index in [0.717, 1.165) is 30.9 Å². The predicted molar refractivity (Wildman–Crippen MR) is 73.7 cm³/mol. The number of tetrazole rings is 1. The summed E-state index contributed by atoms with van der Waals surface area (Å²) in [5.41, 5.74) is 0. The summed E-state index contributed by atoms with van der Waals surface area (Å²) in [6.07, 6.45) is 2.28. The van der Waals surface area contributed by atoms with Crippen LogP contribution in [0, 0.1) is 0 Å². The van der Waals surface area contributed by atoms with Gasteiger partial charge in [-0.25, -0.2) is 0 Å². The number of hydrogen-bond acceptors (Lipinski definition) is 6. The third kappa shape index (κ3) is 4.46. The molecule has 8 heteroatoms. The molecule has 0 spiro atoms. The zero-order valence-electron chi connectivity index (χ0n) is 11.1. The minimum Gasteiger partial charge on any atom is -0.346 e. The van der Waals surface area contributed by atoms with E-state index in [-0.39, 0.29) is 18.0 Å². The largest absolute Gasteiger partial charge is 0.346 e. The minimum absolute atomic E-state index is 0.0447. The molecule has 3 N–H and O–H groups in total. The molecule has 0 aromatic carbocycles. The molecule has 2 atom stereocenters. The first-order valence-electron chi connectivity index (χ1n) is 6.63. The van der Waals surface area contributed by atoms with Gasteiger partial charge in [0.25, 0.3) is 0 Å². The summed E-state index contributed by atoms with van der Waals surface area (Å²) in [5.74, 6) is 2.72. The molecule has 1 aliphatic heterocycles. The molecule has 0 radical (unpaired) electrons. The van der Waals surface area contributed by atoms with Gasteiger partial charge in [0, 0.05) is 30.5 Å². The standard InChI is InChI=1S/C11H20N6OS/c1-2-3-9(11-14-16-17-15-11)13-10(18)6-8-7-19-5-4-12-8/h8-9,12H,2-7H2,1H3,(H,13,18)(H,14,15,16,17). The molecule has 0 saturated carbocycles. The van der Waals surface area contributed by atoms with Crippen LogP contribution in [-0.4, -0.2) is 50.6 Å². The van der Waals surface area contributed by atoms with Gasteiger partial charge in [0.05, 0.1) is 6.04 Å². The Bertz CT molecular complexity index is 379. The van der Waals surface area contributed by atoms with Crippen molar-refractivity contribution in [3.8, 4) is 0 Å². The van der Waals surface area contributed by atoms with Crippen LogP contribution in [0.4, 0.5) is 0 Å². The van der Waals surface area contributed by atoms with Crippen molar-refractivity contribution in [2.75, 3.05) is 18.1 Å². The Morgan fingerprint density at radius 3 is 3.16 bits per heavy atom. The lowest BCUT2D eigenvalue weighted by Gasteiger charge is -2.23. The number of hydrogen-bond donors (Lipinski definition) is 3. The number of thioether (sulfide) groups is 1. The lowest BCUT2D eigenvalue weighted by Crippen LogP contribution is -2.42. The lowest BCUT2D eigenvalue weighted by molar-refractivity contribution is -0.122. The summed E-state index contributed by atoms with van der Waals surface area (Å²) in [7, 11) is 0. The molecule has 2 rings (SSSR count). The van der Waals surface area contributed by atoms with Crippen molar-refractivity contribution in [3.63, 3.8) is 0 Å². The first-order chi connectivity index (χ1) is 9.29. The molecule has 106 valence electrons. The van der Waals surface area contributed by atoms with Crippen LogP contribution in [0.5, 0.6) is 0 Å². The fourth-order valence-electron chi connectivity index (χ4n) is 2.10. The van der Waals surface area contributed by atoms with Gasteiger partial charge in [-0.3, -0.25) is 4.79 Å². The van der Waals surface area contributed by atoms with Crippen molar-refractivity contribution < 1.29 is 4.79 Å². The molecule has 1 aliphatic rings. The number of aromatic nitrogens is 4. The van der Waals surface area contributed by atoms with E-state index in [4.69, 9.17) is 0 Å². The molecule has 0 aliphatic carbocycles. The van der Waals surface area contributed by atoms with Crippen LogP contribution < -0.4 is 10.6 Å². The first-order valence-corrected chi connectivity index (χ1v) is 7.79. The van der Waals surface area contributed by atoms with Crippen molar-refractivity contribution >= 4 is 17.7 Å². The number of nitrogens with one attached hydrogen (secondary N) is 3. The molecule has 1 saturated heterocycles. The third-order valence-corrected chi connectivity index (χ3v) is 4.15. The molecule has 0 bridgehead atoms. The maximum absolute atomic E-state index is 12.0. The van der Waals surface area contributed by atoms with Crippen molar-refractivity contribution in [1.29, 1.82) is 0 Å². The van der Waals surface area contributed by atoms with Crippen LogP contribution in [0.15, 0.2) is 0 Å². The molecular weight excluding hydrogens is 264 g/mol. The molecule has 19 heavy (non-hydrogen) atoms. The number of carbonyl (C=O) groups excluding carboxylic acids is 1. The average molecular weight is 284 g/mol. The molecule has 7 nitrogen and oxygen atoms in total. The van der Waals surface area contributed by atoms with E-state index < -0.39 is 0 Å². The van der Waals surface area contributed by atoms with Crippen LogP contribution >= 0.6 is 11.8 Å². The van der Waals surface area contributed by atoms with Crippen LogP contribution in [0.1, 0.15) is 38.1 Å². The second-order valence-electron chi connectivity index (χ2n) is 4.61. The Morgan fingerprint density at radius 2 is 2.53 bits per heavy atom. The molecule has 2 unspecified atom stereocenters. The zero-order chi connectivity index (χ0) is 13.5. The highest BCUT2D eigenvalue weighted by Gasteiger charge is 2.21. The van der Waals surface area contributed by atoms with Gasteiger partial charge in [-0.05, 0) is 6.42 Å². The smallest absolute Gasteiger partial charge is 0.222 e. The minimum atomic E-state index is -0.146. The van der Waals surface area contributed by atoms with Crippen LogP contribution in [0.3, 0.4) is 0 Å². The number of carbonyl (C=O) groups is 1. The highest BCUT2D eigenvalue weighted by atomic mass is 32.2. The van der Waals surface area contributed by atoms with Gasteiger partial charge in [0.1, 0.15) is 0 Å². The molecule has 2 heterocycles. The Morgan fingerprint density at radius 1 is 1.63 bits per heavy atom. The normalized spacial score (nSPS) is 21.0. The van der Waals surface area contributed by atoms with Gasteiger partial charge in [-0.1, -0.05) is 18.6 Å². The number of aromatic amines is 1. The van der Waals surface area contributed by atoms with E-state index in [1.54, 1.807) is 0 Å². The lowest BCUT2D eigenvalue weighted by atomic mass is 10.1. The number of amides is 1. The molecule has 1 aromatic rings. The van der Waals surface area contributed by atoms with E-state index in [2.05, 4.69) is 38.2 Å². The topological polar surface area (TPSA) is 95.6 Å². The molecule has 1 amide bonds. The van der Waals surface area contributed by atoms with Crippen molar-refractivity contribution in [2.45, 2.75) is 38.3 Å². The van der Waals surface area contributed by atoms with Gasteiger partial charge in [0.2, 0.25) is 5.91 Å². The highest BCUT2D eigenvalue weighted by molar-refractivity contribution is 7.99. The highest BCUT2D eigenvalue weighted by Crippen LogP contribution is 2.15. The van der Waals surface area contributed by atoms with E-state index in [1.807, 2.05) is 11.8 Å². The van der Waals surface area contributed by atoms with Gasteiger partial charge >= 0.3 is 0 Å². The average Bonchev–Trinajstić information content (AvgIpc) is 2.93. The quantitative estimate of drug-likeness (QED) is 0.693. The number of rotatable bonds is 6. The predicted octanol–water partition coefficient (Wildman–Crippen LogP) is 0.252. The summed E-state index contributed by atoms with van der Waals surface area (Å²) in [6, 6.07) is 0.124. The molecule has 1 fully saturated rings. The zero-order valence-corrected chi connectivity index (χ0v) is 11.9. The maximum atomic E-state index is 12.0. The van der Waals surface area contributed by atoms with E-state index in [1.165, 1.54) is 0 Å². The van der Waals surface area contributed by atoms with Crippen LogP contribution in [0.2, 0.25) is 0 Å². The summed E-state index contributed by atoms with van der Waals surface area (Å²) in [5, 5.41) is 20.2. The van der Waals surface area contributed by atoms with Gasteiger partial charge in [0.15, 0.2) is 5.82 Å². The summed E-state index contributed by atoms with van der Waals surface area (Å²) in [4.78, 5) is 12.0. The van der Waals surface area contributed by atoms with Crippen molar-refractivity contribution in [3.05, 3.63) is 5.82 Å². The Balaban J connectivity index is 1.84. The Hall–Kier alpha value is -1.15.